The summed E-state index contributed by atoms with van der Waals surface area (Å²) in [4.78, 5) is 60.5. The lowest BCUT2D eigenvalue weighted by Gasteiger charge is -2.11. The third kappa shape index (κ3) is 5.31. The summed E-state index contributed by atoms with van der Waals surface area (Å²) in [7, 11) is 4.67. The van der Waals surface area contributed by atoms with Crippen LogP contribution in [0.15, 0.2) is 29.1 Å². The van der Waals surface area contributed by atoms with Gasteiger partial charge in [0, 0.05) is 46.5 Å². The maximum atomic E-state index is 13.4. The molecule has 0 spiro atoms. The minimum Gasteiger partial charge on any atom is -0.330 e. The first-order valence-electron chi connectivity index (χ1n) is 13.0. The zero-order valence-corrected chi connectivity index (χ0v) is 25.0. The summed E-state index contributed by atoms with van der Waals surface area (Å²) in [6.45, 7) is 3.87. The fourth-order valence-corrected chi connectivity index (χ4v) is 6.11. The molecule has 0 aliphatic rings. The van der Waals surface area contributed by atoms with Gasteiger partial charge in [0.25, 0.3) is 11.1 Å². The van der Waals surface area contributed by atoms with Crippen molar-refractivity contribution in [3.63, 3.8) is 0 Å². The lowest BCUT2D eigenvalue weighted by molar-refractivity contribution is 0.561. The standard InChI is InChI=1S/C24H34BrN9O4S/c1-5-6-7-11-33-16-18(30(3)24(38)34(20(16)36)12-8-10-26)28-22(33)39-14-9-13-32-15-17(27-21(32)25)29(2)23(37)31(4)19(15)35/h5-14,26H2,1-4H3. The molecule has 15 heteroatoms. The van der Waals surface area contributed by atoms with Gasteiger partial charge >= 0.3 is 11.4 Å². The number of aryl methyl sites for hydroxylation is 4. The minimum absolute atomic E-state index is 0.263. The molecular weight excluding hydrogens is 590 g/mol. The van der Waals surface area contributed by atoms with Crippen molar-refractivity contribution in [1.82, 2.24) is 37.4 Å². The average molecular weight is 625 g/mol. The third-order valence-corrected chi connectivity index (χ3v) is 8.50. The second kappa shape index (κ2) is 12.1. The van der Waals surface area contributed by atoms with Crippen LogP contribution in [0.4, 0.5) is 0 Å². The first kappa shape index (κ1) is 29.1. The molecule has 4 heterocycles. The van der Waals surface area contributed by atoms with Crippen LogP contribution < -0.4 is 28.2 Å². The van der Waals surface area contributed by atoms with Crippen LogP contribution in [0.1, 0.15) is 39.0 Å². The molecule has 0 amide bonds. The van der Waals surface area contributed by atoms with Crippen LogP contribution in [0.25, 0.3) is 22.3 Å². The maximum Gasteiger partial charge on any atom is 0.332 e. The van der Waals surface area contributed by atoms with Crippen LogP contribution in [-0.4, -0.2) is 49.7 Å². The number of aromatic nitrogens is 8. The van der Waals surface area contributed by atoms with E-state index in [1.807, 2.05) is 4.57 Å². The molecule has 0 saturated heterocycles. The summed E-state index contributed by atoms with van der Waals surface area (Å²) in [5.74, 6) is 0.643. The Hall–Kier alpha value is -2.91. The minimum atomic E-state index is -0.432. The van der Waals surface area contributed by atoms with Crippen molar-refractivity contribution < 1.29 is 0 Å². The van der Waals surface area contributed by atoms with E-state index in [0.717, 1.165) is 23.8 Å². The van der Waals surface area contributed by atoms with Gasteiger partial charge in [-0.25, -0.2) is 19.6 Å². The molecule has 4 aromatic heterocycles. The van der Waals surface area contributed by atoms with E-state index in [4.69, 9.17) is 10.7 Å². The molecule has 0 atom stereocenters. The van der Waals surface area contributed by atoms with Gasteiger partial charge < -0.3 is 14.9 Å². The Morgan fingerprint density at radius 1 is 0.744 bits per heavy atom. The van der Waals surface area contributed by atoms with Crippen LogP contribution >= 0.6 is 27.7 Å². The fraction of sp³-hybridized carbons (Fsp3) is 0.583. The highest BCUT2D eigenvalue weighted by atomic mass is 79.9. The second-order valence-electron chi connectivity index (χ2n) is 9.48. The zero-order chi connectivity index (χ0) is 28.4. The van der Waals surface area contributed by atoms with Gasteiger partial charge in [-0.3, -0.25) is 27.9 Å². The predicted molar refractivity (Wildman–Crippen MR) is 156 cm³/mol. The van der Waals surface area contributed by atoms with Gasteiger partial charge in [-0.15, -0.1) is 0 Å². The quantitative estimate of drug-likeness (QED) is 0.140. The van der Waals surface area contributed by atoms with E-state index < -0.39 is 16.9 Å². The number of rotatable bonds is 12. The molecule has 0 radical (unpaired) electrons. The van der Waals surface area contributed by atoms with E-state index in [9.17, 15) is 19.2 Å². The number of halogens is 1. The summed E-state index contributed by atoms with van der Waals surface area (Å²) in [6.07, 6.45) is 4.13. The molecule has 0 aromatic carbocycles. The summed E-state index contributed by atoms with van der Waals surface area (Å²) in [5.41, 5.74) is 5.55. The van der Waals surface area contributed by atoms with Crippen molar-refractivity contribution in [1.29, 1.82) is 0 Å². The first-order valence-corrected chi connectivity index (χ1v) is 14.8. The van der Waals surface area contributed by atoms with Gasteiger partial charge in [-0.05, 0) is 41.7 Å². The normalized spacial score (nSPS) is 11.8. The third-order valence-electron chi connectivity index (χ3n) is 6.83. The van der Waals surface area contributed by atoms with Crippen LogP contribution in [-0.2, 0) is 40.8 Å². The summed E-state index contributed by atoms with van der Waals surface area (Å²) in [5, 5.41) is 0.678. The number of fused-ring (bicyclic) bond motifs is 2. The number of hydrogen-bond donors (Lipinski definition) is 1. The highest BCUT2D eigenvalue weighted by Gasteiger charge is 2.21. The Morgan fingerprint density at radius 2 is 1.36 bits per heavy atom. The number of nitrogens with two attached hydrogens (primary N) is 1. The second-order valence-corrected chi connectivity index (χ2v) is 11.2. The molecule has 0 unspecified atom stereocenters. The molecule has 4 rings (SSSR count). The molecule has 0 aliphatic carbocycles. The Kier molecular flexibility index (Phi) is 9.01. The van der Waals surface area contributed by atoms with Crippen molar-refractivity contribution in [3.05, 3.63) is 46.4 Å². The molecule has 0 aliphatic heterocycles. The van der Waals surface area contributed by atoms with Crippen molar-refractivity contribution in [2.45, 2.75) is 63.8 Å². The van der Waals surface area contributed by atoms with E-state index in [0.29, 0.717) is 70.4 Å². The van der Waals surface area contributed by atoms with Gasteiger partial charge in [0.05, 0.1) is 0 Å². The molecule has 2 N–H and O–H groups in total. The number of imidazole rings is 2. The van der Waals surface area contributed by atoms with E-state index in [-0.39, 0.29) is 12.1 Å². The van der Waals surface area contributed by atoms with Crippen LogP contribution in [0.5, 0.6) is 0 Å². The number of nitrogens with zero attached hydrogens (tertiary/aromatic N) is 8. The van der Waals surface area contributed by atoms with Crippen LogP contribution in [0.3, 0.4) is 0 Å². The fourth-order valence-electron chi connectivity index (χ4n) is 4.65. The van der Waals surface area contributed by atoms with E-state index in [1.54, 1.807) is 18.7 Å². The molecule has 39 heavy (non-hydrogen) atoms. The first-order chi connectivity index (χ1) is 18.6. The van der Waals surface area contributed by atoms with Crippen LogP contribution in [0.2, 0.25) is 0 Å². The molecule has 0 bridgehead atoms. The van der Waals surface area contributed by atoms with Gasteiger partial charge in [-0.1, -0.05) is 31.5 Å². The number of thioether (sulfide) groups is 1. The lowest BCUT2D eigenvalue weighted by Crippen LogP contribution is -2.40. The Balaban J connectivity index is 1.64. The van der Waals surface area contributed by atoms with Gasteiger partial charge in [0.2, 0.25) is 0 Å². The monoisotopic (exact) mass is 623 g/mol. The SMILES string of the molecule is CCCCCn1c(SCCCn2c(Br)nc3c2c(=O)n(C)c(=O)n3C)nc2c1c(=O)n(CCCN)c(=O)n2C. The van der Waals surface area contributed by atoms with E-state index in [2.05, 4.69) is 27.8 Å². The summed E-state index contributed by atoms with van der Waals surface area (Å²) >= 11 is 4.93. The summed E-state index contributed by atoms with van der Waals surface area (Å²) in [6, 6.07) is 0. The topological polar surface area (TPSA) is 150 Å². The molecule has 212 valence electrons. The molecule has 0 fully saturated rings. The Labute approximate surface area is 236 Å². The molecular formula is C24H34BrN9O4S. The number of hydrogen-bond acceptors (Lipinski definition) is 8. The Morgan fingerprint density at radius 3 is 2.05 bits per heavy atom. The molecule has 0 saturated carbocycles. The largest absolute Gasteiger partial charge is 0.332 e. The van der Waals surface area contributed by atoms with Crippen molar-refractivity contribution in [3.8, 4) is 0 Å². The molecule has 13 nitrogen and oxygen atoms in total. The van der Waals surface area contributed by atoms with Crippen LogP contribution in [0, 0.1) is 0 Å². The van der Waals surface area contributed by atoms with E-state index in [1.165, 1.54) is 32.5 Å². The van der Waals surface area contributed by atoms with Gasteiger partial charge in [0.1, 0.15) is 0 Å². The van der Waals surface area contributed by atoms with Crippen molar-refractivity contribution in [2.75, 3.05) is 12.3 Å². The lowest BCUT2D eigenvalue weighted by atomic mass is 10.2. The molecule has 4 aromatic rings. The zero-order valence-electron chi connectivity index (χ0n) is 22.6. The maximum absolute atomic E-state index is 13.4. The highest BCUT2D eigenvalue weighted by molar-refractivity contribution is 9.10. The van der Waals surface area contributed by atoms with Gasteiger partial charge in [-0.2, -0.15) is 0 Å². The summed E-state index contributed by atoms with van der Waals surface area (Å²) < 4.78 is 9.28. The van der Waals surface area contributed by atoms with Gasteiger partial charge in [0.15, 0.2) is 32.2 Å². The highest BCUT2D eigenvalue weighted by Crippen LogP contribution is 2.24. The van der Waals surface area contributed by atoms with Crippen molar-refractivity contribution >= 4 is 50.0 Å². The number of unbranched alkanes of at least 4 members (excludes halogenated alkanes) is 2. The van der Waals surface area contributed by atoms with E-state index >= 15 is 0 Å². The predicted octanol–water partition coefficient (Wildman–Crippen LogP) is 1.13. The average Bonchev–Trinajstić information content (AvgIpc) is 3.45. The smallest absolute Gasteiger partial charge is 0.330 e. The Bertz CT molecular complexity index is 1760. The van der Waals surface area contributed by atoms with Crippen molar-refractivity contribution in [2.24, 2.45) is 26.9 Å².